The zero-order valence-electron chi connectivity index (χ0n) is 9.94. The van der Waals surface area contributed by atoms with E-state index in [9.17, 15) is 0 Å². The van der Waals surface area contributed by atoms with Gasteiger partial charge in [-0.3, -0.25) is 0 Å². The van der Waals surface area contributed by atoms with Gasteiger partial charge in [-0.25, -0.2) is 0 Å². The van der Waals surface area contributed by atoms with Crippen molar-refractivity contribution < 1.29 is 14.6 Å². The topological polar surface area (TPSA) is 65.6 Å². The van der Waals surface area contributed by atoms with Gasteiger partial charge in [0.25, 0.3) is 0 Å². The Hall–Kier alpha value is -0.840. The molecule has 0 aliphatic rings. The minimum atomic E-state index is -0.461. The third-order valence-electron chi connectivity index (χ3n) is 2.73. The molecule has 0 saturated heterocycles. The quantitative estimate of drug-likeness (QED) is 0.644. The van der Waals surface area contributed by atoms with Crippen LogP contribution in [0.5, 0.6) is 0 Å². The number of furan rings is 1. The largest absolute Gasteiger partial charge is 0.469 e. The van der Waals surface area contributed by atoms with Crippen LogP contribution in [-0.4, -0.2) is 36.0 Å². The van der Waals surface area contributed by atoms with Gasteiger partial charge in [0.15, 0.2) is 0 Å². The second-order valence-corrected chi connectivity index (χ2v) is 4.69. The van der Waals surface area contributed by atoms with Gasteiger partial charge in [-0.15, -0.1) is 0 Å². The molecule has 3 N–H and O–H groups in total. The maximum Gasteiger partial charge on any atom is 0.105 e. The van der Waals surface area contributed by atoms with Gasteiger partial charge in [-0.05, 0) is 19.1 Å². The molecule has 1 atom stereocenters. The van der Waals surface area contributed by atoms with Gasteiger partial charge in [-0.2, -0.15) is 0 Å². The Morgan fingerprint density at radius 1 is 1.44 bits per heavy atom. The van der Waals surface area contributed by atoms with E-state index in [-0.39, 0.29) is 19.3 Å². The predicted octanol–water partition coefficient (Wildman–Crippen LogP) is 0.791. The molecule has 16 heavy (non-hydrogen) atoms. The normalized spacial score (nSPS) is 14.0. The molecule has 1 aromatic rings. The number of aliphatic hydroxyl groups is 2. The standard InChI is InChI=1S/C12H21NO3/c1-10(6-11-4-3-5-16-11)13-7-12(2,8-14)9-15/h3-5,10,13-15H,6-9H2,1-2H3. The van der Waals surface area contributed by atoms with E-state index < -0.39 is 5.41 Å². The Bertz CT molecular complexity index is 280. The van der Waals surface area contributed by atoms with E-state index in [1.807, 2.05) is 19.1 Å². The summed E-state index contributed by atoms with van der Waals surface area (Å²) in [6.07, 6.45) is 2.47. The molecule has 4 heteroatoms. The second-order valence-electron chi connectivity index (χ2n) is 4.69. The van der Waals surface area contributed by atoms with Crippen LogP contribution in [0.3, 0.4) is 0 Å². The smallest absolute Gasteiger partial charge is 0.105 e. The molecule has 0 spiro atoms. The van der Waals surface area contributed by atoms with Crippen molar-refractivity contribution in [1.29, 1.82) is 0 Å². The molecule has 0 bridgehead atoms. The number of nitrogens with one attached hydrogen (secondary N) is 1. The molecular formula is C12H21NO3. The van der Waals surface area contributed by atoms with Crippen LogP contribution in [-0.2, 0) is 6.42 Å². The van der Waals surface area contributed by atoms with Gasteiger partial charge in [0.05, 0.1) is 19.5 Å². The molecular weight excluding hydrogens is 206 g/mol. The number of hydrogen-bond acceptors (Lipinski definition) is 4. The van der Waals surface area contributed by atoms with Crippen molar-refractivity contribution in [3.8, 4) is 0 Å². The molecule has 0 amide bonds. The highest BCUT2D eigenvalue weighted by atomic mass is 16.3. The van der Waals surface area contributed by atoms with Crippen LogP contribution < -0.4 is 5.32 Å². The van der Waals surface area contributed by atoms with Crippen molar-refractivity contribution in [2.24, 2.45) is 5.41 Å². The van der Waals surface area contributed by atoms with Crippen LogP contribution in [0.1, 0.15) is 19.6 Å². The minimum Gasteiger partial charge on any atom is -0.469 e. The van der Waals surface area contributed by atoms with E-state index in [1.165, 1.54) is 0 Å². The van der Waals surface area contributed by atoms with Crippen molar-refractivity contribution >= 4 is 0 Å². The SMILES string of the molecule is CC(Cc1ccco1)NCC(C)(CO)CO. The highest BCUT2D eigenvalue weighted by Crippen LogP contribution is 2.13. The summed E-state index contributed by atoms with van der Waals surface area (Å²) < 4.78 is 5.25. The van der Waals surface area contributed by atoms with Crippen LogP contribution >= 0.6 is 0 Å². The average Bonchev–Trinajstić information content (AvgIpc) is 2.79. The van der Waals surface area contributed by atoms with Crippen molar-refractivity contribution in [2.45, 2.75) is 26.3 Å². The first-order chi connectivity index (χ1) is 7.59. The molecule has 1 heterocycles. The molecule has 0 fully saturated rings. The van der Waals surface area contributed by atoms with Crippen LogP contribution in [0.25, 0.3) is 0 Å². The van der Waals surface area contributed by atoms with E-state index in [2.05, 4.69) is 12.2 Å². The predicted molar refractivity (Wildman–Crippen MR) is 62.2 cm³/mol. The van der Waals surface area contributed by atoms with E-state index in [1.54, 1.807) is 6.26 Å². The summed E-state index contributed by atoms with van der Waals surface area (Å²) in [4.78, 5) is 0. The Labute approximate surface area is 96.3 Å². The molecule has 92 valence electrons. The number of aliphatic hydroxyl groups excluding tert-OH is 2. The molecule has 4 nitrogen and oxygen atoms in total. The lowest BCUT2D eigenvalue weighted by Gasteiger charge is -2.26. The molecule has 0 aliphatic heterocycles. The maximum atomic E-state index is 9.14. The number of rotatable bonds is 7. The summed E-state index contributed by atoms with van der Waals surface area (Å²) in [6, 6.07) is 4.06. The fourth-order valence-corrected chi connectivity index (χ4v) is 1.39. The lowest BCUT2D eigenvalue weighted by Crippen LogP contribution is -2.42. The van der Waals surface area contributed by atoms with E-state index in [4.69, 9.17) is 14.6 Å². The monoisotopic (exact) mass is 227 g/mol. The van der Waals surface area contributed by atoms with E-state index >= 15 is 0 Å². The summed E-state index contributed by atoms with van der Waals surface area (Å²) in [5.41, 5.74) is -0.461. The third-order valence-corrected chi connectivity index (χ3v) is 2.73. The summed E-state index contributed by atoms with van der Waals surface area (Å²) in [5.74, 6) is 0.940. The van der Waals surface area contributed by atoms with Crippen molar-refractivity contribution in [2.75, 3.05) is 19.8 Å². The summed E-state index contributed by atoms with van der Waals surface area (Å²) >= 11 is 0. The van der Waals surface area contributed by atoms with Crippen molar-refractivity contribution in [3.63, 3.8) is 0 Å². The fraction of sp³-hybridized carbons (Fsp3) is 0.667. The average molecular weight is 227 g/mol. The van der Waals surface area contributed by atoms with Gasteiger partial charge < -0.3 is 19.9 Å². The van der Waals surface area contributed by atoms with Crippen molar-refractivity contribution in [3.05, 3.63) is 24.2 Å². The van der Waals surface area contributed by atoms with Gasteiger partial charge in [0, 0.05) is 24.4 Å². The third kappa shape index (κ3) is 3.96. The zero-order chi connectivity index (χ0) is 12.0. The van der Waals surface area contributed by atoms with E-state index in [0.717, 1.165) is 12.2 Å². The number of hydrogen-bond donors (Lipinski definition) is 3. The fourth-order valence-electron chi connectivity index (χ4n) is 1.39. The second kappa shape index (κ2) is 6.03. The lowest BCUT2D eigenvalue weighted by molar-refractivity contribution is 0.0676. The molecule has 1 aromatic heterocycles. The Kier molecular flexibility index (Phi) is 4.99. The first-order valence-corrected chi connectivity index (χ1v) is 5.57. The Morgan fingerprint density at radius 2 is 2.12 bits per heavy atom. The first kappa shape index (κ1) is 13.2. The first-order valence-electron chi connectivity index (χ1n) is 5.57. The zero-order valence-corrected chi connectivity index (χ0v) is 9.94. The van der Waals surface area contributed by atoms with Crippen LogP contribution in [0, 0.1) is 5.41 Å². The molecule has 1 unspecified atom stereocenters. The summed E-state index contributed by atoms with van der Waals surface area (Å²) in [6.45, 7) is 4.44. The summed E-state index contributed by atoms with van der Waals surface area (Å²) in [7, 11) is 0. The highest BCUT2D eigenvalue weighted by molar-refractivity contribution is 5.00. The minimum absolute atomic E-state index is 0.0238. The lowest BCUT2D eigenvalue weighted by atomic mass is 9.92. The van der Waals surface area contributed by atoms with Crippen molar-refractivity contribution in [1.82, 2.24) is 5.32 Å². The van der Waals surface area contributed by atoms with Crippen LogP contribution in [0.4, 0.5) is 0 Å². The highest BCUT2D eigenvalue weighted by Gasteiger charge is 2.22. The van der Waals surface area contributed by atoms with E-state index in [0.29, 0.717) is 6.54 Å². The van der Waals surface area contributed by atoms with Gasteiger partial charge in [0.1, 0.15) is 5.76 Å². The Morgan fingerprint density at radius 3 is 2.62 bits per heavy atom. The van der Waals surface area contributed by atoms with Crippen LogP contribution in [0.15, 0.2) is 22.8 Å². The van der Waals surface area contributed by atoms with Gasteiger partial charge in [-0.1, -0.05) is 6.92 Å². The maximum absolute atomic E-state index is 9.14. The molecule has 1 rings (SSSR count). The Balaban J connectivity index is 2.32. The molecule has 0 saturated carbocycles. The summed E-state index contributed by atoms with van der Waals surface area (Å²) in [5, 5.41) is 21.6. The molecule has 0 radical (unpaired) electrons. The molecule has 0 aliphatic carbocycles. The van der Waals surface area contributed by atoms with Gasteiger partial charge in [0.2, 0.25) is 0 Å². The van der Waals surface area contributed by atoms with Gasteiger partial charge >= 0.3 is 0 Å². The van der Waals surface area contributed by atoms with Crippen LogP contribution in [0.2, 0.25) is 0 Å². The molecule has 0 aromatic carbocycles.